The number of rotatable bonds is 6. The highest BCUT2D eigenvalue weighted by atomic mass is 16.1. The Morgan fingerprint density at radius 2 is 2.05 bits per heavy atom. The van der Waals surface area contributed by atoms with Crippen molar-refractivity contribution >= 4 is 5.78 Å². The van der Waals surface area contributed by atoms with E-state index in [1.165, 1.54) is 12.8 Å². The van der Waals surface area contributed by atoms with Crippen LogP contribution in [0.4, 0.5) is 0 Å². The third kappa shape index (κ3) is 2.90. The van der Waals surface area contributed by atoms with Crippen molar-refractivity contribution in [1.29, 1.82) is 0 Å². The van der Waals surface area contributed by atoms with Gasteiger partial charge in [0, 0.05) is 0 Å². The summed E-state index contributed by atoms with van der Waals surface area (Å²) in [7, 11) is 0. The second kappa shape index (κ2) is 5.36. The average molecular weight is 255 g/mol. The van der Waals surface area contributed by atoms with Gasteiger partial charge in [0.1, 0.15) is 5.69 Å². The average Bonchev–Trinajstić information content (AvgIpc) is 3.13. The number of carbonyl (C=O) groups is 1. The van der Waals surface area contributed by atoms with Crippen LogP contribution in [0, 0.1) is 5.92 Å². The zero-order valence-corrected chi connectivity index (χ0v) is 10.7. The molecular weight excluding hydrogens is 238 g/mol. The van der Waals surface area contributed by atoms with Crippen molar-refractivity contribution in [3.05, 3.63) is 48.3 Å². The highest BCUT2D eigenvalue weighted by molar-refractivity contribution is 5.96. The molecule has 2 aromatic rings. The lowest BCUT2D eigenvalue weighted by Gasteiger charge is -2.07. The van der Waals surface area contributed by atoms with Crippen molar-refractivity contribution in [2.24, 2.45) is 5.92 Å². The number of Topliss-reactive ketones (excluding diaryl/α,β-unsaturated/α-hetero) is 1. The van der Waals surface area contributed by atoms with Crippen LogP contribution >= 0.6 is 0 Å². The number of para-hydroxylation sites is 1. The molecule has 19 heavy (non-hydrogen) atoms. The number of nitrogens with one attached hydrogen (secondary N) is 1. The number of benzene rings is 1. The number of ketones is 1. The van der Waals surface area contributed by atoms with E-state index >= 15 is 0 Å². The van der Waals surface area contributed by atoms with Gasteiger partial charge in [-0.1, -0.05) is 18.2 Å². The molecule has 98 valence electrons. The summed E-state index contributed by atoms with van der Waals surface area (Å²) in [5.74, 6) is 0.869. The molecule has 0 unspecified atom stereocenters. The first kappa shape index (κ1) is 12.1. The van der Waals surface area contributed by atoms with Crippen LogP contribution < -0.4 is 5.32 Å². The van der Waals surface area contributed by atoms with E-state index < -0.39 is 0 Å². The maximum atomic E-state index is 12.2. The zero-order chi connectivity index (χ0) is 13.1. The van der Waals surface area contributed by atoms with Crippen molar-refractivity contribution < 1.29 is 4.79 Å². The van der Waals surface area contributed by atoms with Gasteiger partial charge in [-0.2, -0.15) is 5.10 Å². The van der Waals surface area contributed by atoms with Gasteiger partial charge in [-0.25, -0.2) is 4.68 Å². The predicted octanol–water partition coefficient (Wildman–Crippen LogP) is 2.05. The Balaban J connectivity index is 1.70. The Morgan fingerprint density at radius 3 is 2.79 bits per heavy atom. The maximum Gasteiger partial charge on any atom is 0.195 e. The Hall–Kier alpha value is -1.94. The van der Waals surface area contributed by atoms with Crippen molar-refractivity contribution in [3.63, 3.8) is 0 Å². The standard InChI is InChI=1S/C15H17N3O/c19-15(11-16-10-12-6-7-12)14-8-9-17-18(14)13-4-2-1-3-5-13/h1-5,8-9,12,16H,6-7,10-11H2. The summed E-state index contributed by atoms with van der Waals surface area (Å²) in [6.45, 7) is 1.33. The van der Waals surface area contributed by atoms with Crippen LogP contribution in [-0.2, 0) is 0 Å². The van der Waals surface area contributed by atoms with Gasteiger partial charge in [0.15, 0.2) is 5.78 Å². The van der Waals surface area contributed by atoms with E-state index in [1.807, 2.05) is 30.3 Å². The molecule has 1 heterocycles. The molecule has 0 bridgehead atoms. The Bertz CT molecular complexity index is 558. The molecule has 1 N–H and O–H groups in total. The van der Waals surface area contributed by atoms with Gasteiger partial charge in [0.05, 0.1) is 18.4 Å². The van der Waals surface area contributed by atoms with E-state index in [0.717, 1.165) is 18.2 Å². The third-order valence-corrected chi connectivity index (χ3v) is 3.34. The summed E-state index contributed by atoms with van der Waals surface area (Å²) in [4.78, 5) is 12.2. The van der Waals surface area contributed by atoms with Gasteiger partial charge >= 0.3 is 0 Å². The zero-order valence-electron chi connectivity index (χ0n) is 10.7. The number of nitrogens with zero attached hydrogens (tertiary/aromatic N) is 2. The minimum atomic E-state index is 0.0852. The molecule has 1 aliphatic carbocycles. The van der Waals surface area contributed by atoms with E-state index in [2.05, 4.69) is 10.4 Å². The molecule has 1 aliphatic rings. The maximum absolute atomic E-state index is 12.2. The summed E-state index contributed by atoms with van der Waals surface area (Å²) < 4.78 is 1.70. The first-order valence-corrected chi connectivity index (χ1v) is 6.68. The highest BCUT2D eigenvalue weighted by Crippen LogP contribution is 2.27. The van der Waals surface area contributed by atoms with Crippen molar-refractivity contribution in [2.75, 3.05) is 13.1 Å². The smallest absolute Gasteiger partial charge is 0.195 e. The van der Waals surface area contributed by atoms with Crippen LogP contribution in [0.5, 0.6) is 0 Å². The van der Waals surface area contributed by atoms with Crippen molar-refractivity contribution in [2.45, 2.75) is 12.8 Å². The molecule has 1 fully saturated rings. The van der Waals surface area contributed by atoms with Crippen LogP contribution in [0.3, 0.4) is 0 Å². The Kier molecular flexibility index (Phi) is 3.42. The van der Waals surface area contributed by atoms with E-state index in [-0.39, 0.29) is 5.78 Å². The lowest BCUT2D eigenvalue weighted by molar-refractivity contribution is 0.0983. The Labute approximate surface area is 112 Å². The second-order valence-electron chi connectivity index (χ2n) is 4.96. The molecule has 0 saturated heterocycles. The molecule has 1 aromatic heterocycles. The lowest BCUT2D eigenvalue weighted by Crippen LogP contribution is -2.26. The Morgan fingerprint density at radius 1 is 1.26 bits per heavy atom. The third-order valence-electron chi connectivity index (χ3n) is 3.34. The summed E-state index contributed by atoms with van der Waals surface area (Å²) >= 11 is 0. The fourth-order valence-electron chi connectivity index (χ4n) is 2.09. The van der Waals surface area contributed by atoms with Crippen LogP contribution in [0.1, 0.15) is 23.3 Å². The summed E-state index contributed by atoms with van der Waals surface area (Å²) in [6.07, 6.45) is 4.26. The van der Waals surface area contributed by atoms with Gasteiger partial charge in [0.25, 0.3) is 0 Å². The fraction of sp³-hybridized carbons (Fsp3) is 0.333. The largest absolute Gasteiger partial charge is 0.309 e. The summed E-state index contributed by atoms with van der Waals surface area (Å²) in [5.41, 5.74) is 1.55. The van der Waals surface area contributed by atoms with Gasteiger partial charge in [-0.15, -0.1) is 0 Å². The molecule has 0 aliphatic heterocycles. The number of hydrogen-bond acceptors (Lipinski definition) is 3. The molecule has 1 saturated carbocycles. The molecule has 4 nitrogen and oxygen atoms in total. The molecule has 3 rings (SSSR count). The number of hydrogen-bond donors (Lipinski definition) is 1. The van der Waals surface area contributed by atoms with Gasteiger partial charge in [0.2, 0.25) is 0 Å². The molecular formula is C15H17N3O. The number of carbonyl (C=O) groups excluding carboxylic acids is 1. The van der Waals surface area contributed by atoms with Crippen LogP contribution in [-0.4, -0.2) is 28.7 Å². The topological polar surface area (TPSA) is 46.9 Å². The fourth-order valence-corrected chi connectivity index (χ4v) is 2.09. The molecule has 0 atom stereocenters. The molecule has 4 heteroatoms. The molecule has 1 aromatic carbocycles. The van der Waals surface area contributed by atoms with E-state index in [4.69, 9.17) is 0 Å². The normalized spacial score (nSPS) is 14.5. The lowest BCUT2D eigenvalue weighted by atomic mass is 10.2. The van der Waals surface area contributed by atoms with E-state index in [0.29, 0.717) is 12.2 Å². The van der Waals surface area contributed by atoms with Crippen LogP contribution in [0.25, 0.3) is 5.69 Å². The minimum Gasteiger partial charge on any atom is -0.309 e. The first-order valence-electron chi connectivity index (χ1n) is 6.68. The second-order valence-corrected chi connectivity index (χ2v) is 4.96. The molecule has 0 spiro atoms. The molecule has 0 radical (unpaired) electrons. The summed E-state index contributed by atoms with van der Waals surface area (Å²) in [6, 6.07) is 11.5. The van der Waals surface area contributed by atoms with Crippen molar-refractivity contribution in [1.82, 2.24) is 15.1 Å². The van der Waals surface area contributed by atoms with Gasteiger partial charge in [-0.3, -0.25) is 4.79 Å². The van der Waals surface area contributed by atoms with E-state index in [1.54, 1.807) is 16.9 Å². The molecule has 0 amide bonds. The first-order chi connectivity index (χ1) is 9.34. The monoisotopic (exact) mass is 255 g/mol. The van der Waals surface area contributed by atoms with E-state index in [9.17, 15) is 4.79 Å². The quantitative estimate of drug-likeness (QED) is 0.804. The predicted molar refractivity (Wildman–Crippen MR) is 73.5 cm³/mol. The minimum absolute atomic E-state index is 0.0852. The summed E-state index contributed by atoms with van der Waals surface area (Å²) in [5, 5.41) is 7.45. The van der Waals surface area contributed by atoms with Crippen LogP contribution in [0.2, 0.25) is 0 Å². The van der Waals surface area contributed by atoms with Crippen molar-refractivity contribution in [3.8, 4) is 5.69 Å². The SMILES string of the molecule is O=C(CNCC1CC1)c1ccnn1-c1ccccc1. The van der Waals surface area contributed by atoms with Crippen LogP contribution in [0.15, 0.2) is 42.6 Å². The van der Waals surface area contributed by atoms with Gasteiger partial charge in [-0.05, 0) is 43.5 Å². The number of aromatic nitrogens is 2. The van der Waals surface area contributed by atoms with Gasteiger partial charge < -0.3 is 5.32 Å². The highest BCUT2D eigenvalue weighted by Gasteiger charge is 2.21.